The van der Waals surface area contributed by atoms with Gasteiger partial charge in [0.1, 0.15) is 11.5 Å². The van der Waals surface area contributed by atoms with Gasteiger partial charge < -0.3 is 15.5 Å². The van der Waals surface area contributed by atoms with E-state index >= 15 is 0 Å². The van der Waals surface area contributed by atoms with Crippen molar-refractivity contribution >= 4 is 22.2 Å². The van der Waals surface area contributed by atoms with E-state index in [0.29, 0.717) is 6.04 Å². The summed E-state index contributed by atoms with van der Waals surface area (Å²) in [7, 11) is 1.69. The molecule has 3 N–H and O–H groups in total. The van der Waals surface area contributed by atoms with Crippen molar-refractivity contribution < 1.29 is 11.6 Å². The van der Waals surface area contributed by atoms with Crippen LogP contribution in [0.1, 0.15) is 27.9 Å². The number of ether oxygens (including phenoxy) is 1. The third-order valence-corrected chi connectivity index (χ3v) is 4.59. The van der Waals surface area contributed by atoms with E-state index in [4.69, 9.17) is 9.73 Å². The Bertz CT molecular complexity index is 694. The lowest BCUT2D eigenvalue weighted by Gasteiger charge is -2.33. The van der Waals surface area contributed by atoms with Gasteiger partial charge in [0, 0.05) is 18.8 Å². The number of dihydropyridines is 1. The Kier molecular flexibility index (Phi) is 5.06. The molecule has 2 atom stereocenters. The highest BCUT2D eigenvalue weighted by molar-refractivity contribution is 7.13. The third-order valence-electron chi connectivity index (χ3n) is 3.81. The average molecular weight is 335 g/mol. The normalized spacial score (nSPS) is 25.3. The quantitative estimate of drug-likeness (QED) is 0.917. The summed E-state index contributed by atoms with van der Waals surface area (Å²) in [5, 5.41) is 6.32. The van der Waals surface area contributed by atoms with Gasteiger partial charge in [0.05, 0.1) is 18.4 Å². The zero-order valence-corrected chi connectivity index (χ0v) is 14.6. The van der Waals surface area contributed by atoms with Crippen LogP contribution in [0.3, 0.4) is 0 Å². The van der Waals surface area contributed by atoms with Crippen LogP contribution in [-0.2, 0) is 4.74 Å². The van der Waals surface area contributed by atoms with Crippen molar-refractivity contribution in [2.45, 2.75) is 32.4 Å². The van der Waals surface area contributed by atoms with Crippen molar-refractivity contribution in [1.29, 1.82) is 0 Å². The van der Waals surface area contributed by atoms with Crippen LogP contribution in [0.4, 0.5) is 5.13 Å². The first-order valence-corrected chi connectivity index (χ1v) is 8.34. The number of rotatable bonds is 4. The summed E-state index contributed by atoms with van der Waals surface area (Å²) >= 11 is 1.61. The van der Waals surface area contributed by atoms with Crippen molar-refractivity contribution in [3.63, 3.8) is 0 Å². The molecule has 0 spiro atoms. The summed E-state index contributed by atoms with van der Waals surface area (Å²) in [6, 6.07) is 0.375. The number of aromatic nitrogens is 1. The van der Waals surface area contributed by atoms with Gasteiger partial charge in [-0.3, -0.25) is 4.99 Å². The van der Waals surface area contributed by atoms with Gasteiger partial charge in [0.25, 0.3) is 0 Å². The number of allylic oxidation sites excluding steroid dienone is 2. The van der Waals surface area contributed by atoms with Crippen LogP contribution in [0.25, 0.3) is 0 Å². The second-order valence-corrected chi connectivity index (χ2v) is 6.91. The lowest BCUT2D eigenvalue weighted by atomic mass is 9.80. The van der Waals surface area contributed by atoms with E-state index in [0.717, 1.165) is 22.3 Å². The monoisotopic (exact) mass is 335 g/mol. The molecular weight excluding hydrogens is 310 g/mol. The van der Waals surface area contributed by atoms with Crippen LogP contribution in [0.15, 0.2) is 46.5 Å². The minimum atomic E-state index is -0.306. The molecule has 126 valence electrons. The van der Waals surface area contributed by atoms with Crippen molar-refractivity contribution in [3.05, 3.63) is 47.2 Å². The zero-order chi connectivity index (χ0) is 15.7. The highest BCUT2D eigenvalue weighted by Crippen LogP contribution is 2.35. The number of nitrogens with one attached hydrogen (secondary N) is 1. The molecule has 1 aliphatic heterocycles. The van der Waals surface area contributed by atoms with Crippen molar-refractivity contribution in [2.75, 3.05) is 12.4 Å². The van der Waals surface area contributed by atoms with Crippen molar-refractivity contribution in [3.8, 4) is 0 Å². The summed E-state index contributed by atoms with van der Waals surface area (Å²) in [6.45, 7) is 6.34. The van der Waals surface area contributed by atoms with Gasteiger partial charge in [-0.1, -0.05) is 12.2 Å². The van der Waals surface area contributed by atoms with E-state index in [1.807, 2.05) is 6.08 Å². The van der Waals surface area contributed by atoms with E-state index in [2.05, 4.69) is 60.8 Å². The maximum Gasteiger partial charge on any atom is 0.183 e. The van der Waals surface area contributed by atoms with Crippen molar-refractivity contribution in [2.24, 2.45) is 10.9 Å². The van der Waals surface area contributed by atoms with Gasteiger partial charge in [-0.2, -0.15) is 0 Å². The van der Waals surface area contributed by atoms with Gasteiger partial charge in [-0.25, -0.2) is 4.98 Å². The number of aliphatic imine (C=N–C) groups is 1. The van der Waals surface area contributed by atoms with E-state index in [-0.39, 0.29) is 18.4 Å². The maximum absolute atomic E-state index is 5.35. The molecule has 0 amide bonds. The first-order chi connectivity index (χ1) is 10.5. The fraction of sp³-hybridized carbons (Fsp3) is 0.412. The number of methoxy groups -OCH3 is 1. The molecule has 0 aromatic carbocycles. The second kappa shape index (κ2) is 6.68. The molecule has 23 heavy (non-hydrogen) atoms. The second-order valence-electron chi connectivity index (χ2n) is 6.05. The molecule has 1 aromatic rings. The van der Waals surface area contributed by atoms with E-state index in [1.54, 1.807) is 18.4 Å². The van der Waals surface area contributed by atoms with Gasteiger partial charge >= 0.3 is 0 Å². The predicted octanol–water partition coefficient (Wildman–Crippen LogP) is 3.22. The average Bonchev–Trinajstić information content (AvgIpc) is 2.93. The number of anilines is 1. The van der Waals surface area contributed by atoms with Gasteiger partial charge in [-0.15, -0.1) is 11.3 Å². The van der Waals surface area contributed by atoms with Crippen LogP contribution in [0, 0.1) is 5.92 Å². The van der Waals surface area contributed by atoms with Crippen LogP contribution >= 0.6 is 11.3 Å². The molecule has 1 aromatic heterocycles. The minimum absolute atomic E-state index is 0. The molecule has 5 nitrogen and oxygen atoms in total. The Balaban J connectivity index is 0.00000144. The smallest absolute Gasteiger partial charge is 0.183 e. The molecule has 0 saturated carbocycles. The molecule has 3 rings (SSSR count). The molecular formula is C17H25N3O2S. The number of hydrogen-bond acceptors (Lipinski definition) is 5. The maximum atomic E-state index is 5.35. The molecule has 0 bridgehead atoms. The van der Waals surface area contributed by atoms with Gasteiger partial charge in [0.15, 0.2) is 5.13 Å². The van der Waals surface area contributed by atoms with E-state index < -0.39 is 0 Å². The van der Waals surface area contributed by atoms with Crippen LogP contribution in [0.2, 0.25) is 0 Å². The van der Waals surface area contributed by atoms with Gasteiger partial charge in [-0.05, 0) is 39.0 Å². The predicted molar refractivity (Wildman–Crippen MR) is 98.4 cm³/mol. The van der Waals surface area contributed by atoms with Crippen LogP contribution in [-0.4, -0.2) is 34.9 Å². The minimum Gasteiger partial charge on any atom is -0.497 e. The topological polar surface area (TPSA) is 78.0 Å². The first-order valence-electron chi connectivity index (χ1n) is 7.46. The van der Waals surface area contributed by atoms with E-state index in [1.165, 1.54) is 0 Å². The summed E-state index contributed by atoms with van der Waals surface area (Å²) in [5.74, 6) is 1.12. The highest BCUT2D eigenvalue weighted by Gasteiger charge is 2.34. The summed E-state index contributed by atoms with van der Waals surface area (Å²) in [6.07, 6.45) is 10.5. The Morgan fingerprint density at radius 3 is 2.78 bits per heavy atom. The molecule has 2 heterocycles. The van der Waals surface area contributed by atoms with Crippen LogP contribution in [0.5, 0.6) is 0 Å². The SMILES string of the molecule is COC1=CC2(C)N=C(c3csc(NC(C)C)n3)C=CC2C=C1.O.[HH]. The number of fused-ring (bicyclic) bond motifs is 1. The summed E-state index contributed by atoms with van der Waals surface area (Å²) in [4.78, 5) is 9.57. The molecule has 0 saturated heterocycles. The Hall–Kier alpha value is -1.92. The lowest BCUT2D eigenvalue weighted by molar-refractivity contribution is 0.293. The van der Waals surface area contributed by atoms with E-state index in [9.17, 15) is 0 Å². The summed E-state index contributed by atoms with van der Waals surface area (Å²) in [5.41, 5.74) is 1.54. The highest BCUT2D eigenvalue weighted by atomic mass is 32.1. The first kappa shape index (κ1) is 17.4. The third kappa shape index (κ3) is 3.54. The molecule has 2 unspecified atom stereocenters. The number of nitrogens with zero attached hydrogens (tertiary/aromatic N) is 2. The standard InChI is InChI=1S/C17H21N3OS.H2O.H2/c1-11(2)18-16-19-15(10-22-16)14-8-6-12-5-7-13(21-4)9-17(12,3)20-14;;/h5-12H,1-4H3,(H,18,19);1H2;1H. The zero-order valence-electron chi connectivity index (χ0n) is 13.8. The Morgan fingerprint density at radius 2 is 2.09 bits per heavy atom. The molecule has 1 aliphatic carbocycles. The molecule has 0 radical (unpaired) electrons. The van der Waals surface area contributed by atoms with Crippen LogP contribution < -0.4 is 5.32 Å². The number of hydrogen-bond donors (Lipinski definition) is 1. The Labute approximate surface area is 142 Å². The molecule has 0 fully saturated rings. The number of thiazole rings is 1. The lowest BCUT2D eigenvalue weighted by Crippen LogP contribution is -2.34. The fourth-order valence-electron chi connectivity index (χ4n) is 2.66. The van der Waals surface area contributed by atoms with Crippen molar-refractivity contribution in [1.82, 2.24) is 4.98 Å². The Morgan fingerprint density at radius 1 is 1.35 bits per heavy atom. The van der Waals surface area contributed by atoms with Gasteiger partial charge in [0.2, 0.25) is 0 Å². The summed E-state index contributed by atoms with van der Waals surface area (Å²) < 4.78 is 5.35. The molecule has 6 heteroatoms. The molecule has 2 aliphatic rings. The largest absolute Gasteiger partial charge is 0.497 e. The fourth-order valence-corrected chi connectivity index (χ4v) is 3.51.